The third-order valence-electron chi connectivity index (χ3n) is 4.17. The number of likely N-dealkylation sites (tertiary alicyclic amines) is 1. The van der Waals surface area contributed by atoms with E-state index in [1.165, 1.54) is 5.56 Å². The Balaban J connectivity index is 1.57. The number of rotatable bonds is 6. The van der Waals surface area contributed by atoms with Crippen LogP contribution in [0.1, 0.15) is 17.0 Å². The van der Waals surface area contributed by atoms with Crippen LogP contribution in [0.3, 0.4) is 0 Å². The van der Waals surface area contributed by atoms with Gasteiger partial charge in [-0.25, -0.2) is 9.37 Å². The van der Waals surface area contributed by atoms with Gasteiger partial charge >= 0.3 is 0 Å². The highest BCUT2D eigenvalue weighted by atomic mass is 32.1. The average Bonchev–Trinajstić information content (AvgIpc) is 3.15. The summed E-state index contributed by atoms with van der Waals surface area (Å²) in [6, 6.07) is 2.41. The van der Waals surface area contributed by atoms with Gasteiger partial charge in [-0.1, -0.05) is 0 Å². The van der Waals surface area contributed by atoms with Crippen LogP contribution in [0.25, 0.3) is 0 Å². The monoisotopic (exact) mass is 322 g/mol. The van der Waals surface area contributed by atoms with Crippen LogP contribution >= 0.6 is 11.3 Å². The molecule has 3 rings (SSSR count). The number of aryl methyl sites for hydroxylation is 1. The lowest BCUT2D eigenvalue weighted by atomic mass is 10.2. The minimum Gasteiger partial charge on any atom is -0.357 e. The molecular formula is C16H23FN4S. The predicted molar refractivity (Wildman–Crippen MR) is 87.6 cm³/mol. The van der Waals surface area contributed by atoms with Crippen molar-refractivity contribution < 1.29 is 4.39 Å². The van der Waals surface area contributed by atoms with Crippen LogP contribution in [-0.4, -0.2) is 51.7 Å². The first-order valence-corrected chi connectivity index (χ1v) is 8.54. The Morgan fingerprint density at radius 2 is 2.36 bits per heavy atom. The number of thiazole rings is 1. The van der Waals surface area contributed by atoms with Crippen LogP contribution in [0.4, 0.5) is 4.39 Å². The van der Waals surface area contributed by atoms with Gasteiger partial charge in [0.05, 0.1) is 6.54 Å². The van der Waals surface area contributed by atoms with Crippen molar-refractivity contribution in [3.63, 3.8) is 0 Å². The predicted octanol–water partition coefficient (Wildman–Crippen LogP) is 2.53. The maximum atomic E-state index is 13.9. The summed E-state index contributed by atoms with van der Waals surface area (Å²) in [6.07, 6.45) is 5.93. The van der Waals surface area contributed by atoms with E-state index in [4.69, 9.17) is 0 Å². The Labute approximate surface area is 135 Å². The van der Waals surface area contributed by atoms with Gasteiger partial charge < -0.3 is 9.47 Å². The number of hydrogen-bond donors (Lipinski definition) is 0. The van der Waals surface area contributed by atoms with E-state index in [-0.39, 0.29) is 6.04 Å². The first kappa shape index (κ1) is 15.6. The van der Waals surface area contributed by atoms with Crippen LogP contribution in [0.2, 0.25) is 0 Å². The van der Waals surface area contributed by atoms with Crippen molar-refractivity contribution in [1.29, 1.82) is 0 Å². The summed E-state index contributed by atoms with van der Waals surface area (Å²) in [5.41, 5.74) is 1.30. The molecule has 2 atom stereocenters. The molecule has 0 aliphatic carbocycles. The van der Waals surface area contributed by atoms with Crippen molar-refractivity contribution in [2.45, 2.75) is 31.7 Å². The zero-order chi connectivity index (χ0) is 15.5. The number of halogens is 1. The van der Waals surface area contributed by atoms with E-state index in [0.717, 1.165) is 24.6 Å². The van der Waals surface area contributed by atoms with Crippen molar-refractivity contribution in [3.8, 4) is 0 Å². The Hall–Kier alpha value is -1.24. The van der Waals surface area contributed by atoms with Crippen LogP contribution in [0.5, 0.6) is 0 Å². The fourth-order valence-corrected chi connectivity index (χ4v) is 3.84. The number of likely N-dealkylation sites (N-methyl/N-ethyl adjacent to an activating group) is 1. The highest BCUT2D eigenvalue weighted by Gasteiger charge is 2.33. The standard InChI is InChI=1S/C16H23FN4S/c1-19-5-3-13(8-19)9-20(2)11-15-7-14(17)10-21(15)12-16-18-4-6-22-16/h3-6,8,14-15H,7,9-12H2,1-2H3/t14-,15-/m0/s1. The second-order valence-corrected chi connectivity index (χ2v) is 7.20. The van der Waals surface area contributed by atoms with Crippen molar-refractivity contribution in [1.82, 2.24) is 19.4 Å². The van der Waals surface area contributed by atoms with Crippen LogP contribution in [-0.2, 0) is 20.1 Å². The Morgan fingerprint density at radius 3 is 3.05 bits per heavy atom. The highest BCUT2D eigenvalue weighted by molar-refractivity contribution is 7.09. The van der Waals surface area contributed by atoms with E-state index in [1.54, 1.807) is 11.3 Å². The zero-order valence-corrected chi connectivity index (χ0v) is 14.0. The minimum atomic E-state index is -0.713. The highest BCUT2D eigenvalue weighted by Crippen LogP contribution is 2.24. The lowest BCUT2D eigenvalue weighted by molar-refractivity contribution is 0.180. The summed E-state index contributed by atoms with van der Waals surface area (Å²) in [5, 5.41) is 3.05. The quantitative estimate of drug-likeness (QED) is 0.817. The molecule has 1 aliphatic rings. The fourth-order valence-electron chi connectivity index (χ4n) is 3.20. The summed E-state index contributed by atoms with van der Waals surface area (Å²) < 4.78 is 15.9. The first-order chi connectivity index (χ1) is 10.6. The molecule has 22 heavy (non-hydrogen) atoms. The molecule has 0 spiro atoms. The number of hydrogen-bond acceptors (Lipinski definition) is 4. The van der Waals surface area contributed by atoms with Gasteiger partial charge in [0.1, 0.15) is 11.2 Å². The van der Waals surface area contributed by atoms with Crippen molar-refractivity contribution in [3.05, 3.63) is 40.6 Å². The van der Waals surface area contributed by atoms with Crippen LogP contribution in [0.15, 0.2) is 30.0 Å². The molecule has 0 bridgehead atoms. The van der Waals surface area contributed by atoms with Crippen molar-refractivity contribution in [2.75, 3.05) is 20.1 Å². The molecule has 1 aliphatic heterocycles. The molecule has 0 unspecified atom stereocenters. The van der Waals surface area contributed by atoms with Gasteiger partial charge in [-0.2, -0.15) is 0 Å². The second-order valence-electron chi connectivity index (χ2n) is 6.22. The van der Waals surface area contributed by atoms with Gasteiger partial charge in [-0.15, -0.1) is 11.3 Å². The molecule has 0 aromatic carbocycles. The molecule has 1 fully saturated rings. The minimum absolute atomic E-state index is 0.271. The summed E-state index contributed by atoms with van der Waals surface area (Å²) in [4.78, 5) is 8.85. The Kier molecular flexibility index (Phi) is 4.90. The topological polar surface area (TPSA) is 24.3 Å². The third-order valence-corrected chi connectivity index (χ3v) is 4.93. The van der Waals surface area contributed by atoms with Crippen LogP contribution in [0, 0.1) is 0 Å². The van der Waals surface area contributed by atoms with E-state index in [1.807, 2.05) is 18.6 Å². The van der Waals surface area contributed by atoms with E-state index >= 15 is 0 Å². The normalized spacial score (nSPS) is 22.7. The number of nitrogens with zero attached hydrogens (tertiary/aromatic N) is 4. The molecule has 0 N–H and O–H groups in total. The van der Waals surface area contributed by atoms with Gasteiger partial charge in [-0.05, 0) is 25.1 Å². The van der Waals surface area contributed by atoms with E-state index in [2.05, 4.69) is 44.9 Å². The summed E-state index contributed by atoms with van der Waals surface area (Å²) in [7, 11) is 4.14. The summed E-state index contributed by atoms with van der Waals surface area (Å²) in [6.45, 7) is 3.09. The number of alkyl halides is 1. The SMILES string of the molecule is CN(Cc1ccn(C)c1)C[C@@H]1C[C@H](F)CN1Cc1nccs1. The molecule has 0 saturated carbocycles. The molecule has 2 aromatic rings. The van der Waals surface area contributed by atoms with Gasteiger partial charge in [0, 0.05) is 56.7 Å². The second kappa shape index (κ2) is 6.89. The summed E-state index contributed by atoms with van der Waals surface area (Å²) in [5.74, 6) is 0. The molecule has 1 saturated heterocycles. The van der Waals surface area contributed by atoms with E-state index < -0.39 is 6.17 Å². The van der Waals surface area contributed by atoms with E-state index in [9.17, 15) is 4.39 Å². The molecular weight excluding hydrogens is 299 g/mol. The maximum Gasteiger partial charge on any atom is 0.114 e. The smallest absolute Gasteiger partial charge is 0.114 e. The van der Waals surface area contributed by atoms with Gasteiger partial charge in [0.25, 0.3) is 0 Å². The van der Waals surface area contributed by atoms with Crippen LogP contribution < -0.4 is 0 Å². The van der Waals surface area contributed by atoms with Crippen molar-refractivity contribution >= 4 is 11.3 Å². The molecule has 6 heteroatoms. The zero-order valence-electron chi connectivity index (χ0n) is 13.2. The lowest BCUT2D eigenvalue weighted by Gasteiger charge is -2.27. The lowest BCUT2D eigenvalue weighted by Crippen LogP contribution is -2.38. The Morgan fingerprint density at radius 1 is 1.50 bits per heavy atom. The molecule has 120 valence electrons. The molecule has 2 aromatic heterocycles. The largest absolute Gasteiger partial charge is 0.357 e. The average molecular weight is 322 g/mol. The third kappa shape index (κ3) is 3.94. The van der Waals surface area contributed by atoms with E-state index in [0.29, 0.717) is 13.0 Å². The fraction of sp³-hybridized carbons (Fsp3) is 0.562. The van der Waals surface area contributed by atoms with Crippen molar-refractivity contribution in [2.24, 2.45) is 7.05 Å². The Bertz CT molecular complexity index is 583. The number of aromatic nitrogens is 2. The van der Waals surface area contributed by atoms with Gasteiger partial charge in [0.2, 0.25) is 0 Å². The molecule has 0 amide bonds. The maximum absolute atomic E-state index is 13.9. The molecule has 0 radical (unpaired) electrons. The first-order valence-electron chi connectivity index (χ1n) is 7.66. The summed E-state index contributed by atoms with van der Waals surface area (Å²) >= 11 is 1.65. The van der Waals surface area contributed by atoms with Gasteiger partial charge in [-0.3, -0.25) is 4.90 Å². The molecule has 3 heterocycles. The van der Waals surface area contributed by atoms with Gasteiger partial charge in [0.15, 0.2) is 0 Å². The molecule has 4 nitrogen and oxygen atoms in total.